The molecule has 0 saturated carbocycles. The monoisotopic (exact) mass is 311 g/mol. The molecule has 2 aromatic carbocycles. The van der Waals surface area contributed by atoms with E-state index in [-0.39, 0.29) is 0 Å². The molecule has 0 unspecified atom stereocenters. The van der Waals surface area contributed by atoms with Crippen molar-refractivity contribution in [1.82, 2.24) is 9.78 Å². The number of hydrogen-bond acceptors (Lipinski definition) is 4. The molecule has 2 N–H and O–H groups in total. The third-order valence-electron chi connectivity index (χ3n) is 3.22. The Labute approximate surface area is 133 Å². The largest absolute Gasteiger partial charge is 0.382 e. The van der Waals surface area contributed by atoms with Crippen molar-refractivity contribution in [3.8, 4) is 11.3 Å². The van der Waals surface area contributed by atoms with Crippen molar-refractivity contribution < 1.29 is 0 Å². The predicted octanol–water partition coefficient (Wildman–Crippen LogP) is 4.74. The number of halogens is 1. The van der Waals surface area contributed by atoms with Crippen LogP contribution in [0.25, 0.3) is 11.3 Å². The molecule has 0 bridgehead atoms. The van der Waals surface area contributed by atoms with Gasteiger partial charge in [-0.15, -0.1) is 10.2 Å². The molecule has 0 aliphatic heterocycles. The van der Waals surface area contributed by atoms with Crippen LogP contribution in [0, 0.1) is 0 Å². The number of rotatable bonds is 3. The van der Waals surface area contributed by atoms with Crippen molar-refractivity contribution in [3.05, 3.63) is 59.6 Å². The number of nitrogens with zero attached hydrogens (tertiary/aromatic N) is 4. The number of nitrogen functional groups attached to an aromatic ring is 1. The van der Waals surface area contributed by atoms with E-state index in [1.165, 1.54) is 0 Å². The van der Waals surface area contributed by atoms with Crippen LogP contribution in [0.15, 0.2) is 64.8 Å². The molecule has 0 saturated heterocycles. The molecule has 3 rings (SSSR count). The van der Waals surface area contributed by atoms with E-state index in [4.69, 9.17) is 17.3 Å². The summed E-state index contributed by atoms with van der Waals surface area (Å²) in [6.45, 7) is 0. The van der Waals surface area contributed by atoms with Crippen molar-refractivity contribution in [3.63, 3.8) is 0 Å². The molecule has 3 aromatic rings. The molecule has 0 aliphatic rings. The normalized spacial score (nSPS) is 11.2. The summed E-state index contributed by atoms with van der Waals surface area (Å²) < 4.78 is 1.59. The molecule has 0 amide bonds. The summed E-state index contributed by atoms with van der Waals surface area (Å²) in [5, 5.41) is 13.4. The van der Waals surface area contributed by atoms with Crippen LogP contribution in [0.1, 0.15) is 0 Å². The van der Waals surface area contributed by atoms with Crippen molar-refractivity contribution >= 4 is 28.8 Å². The van der Waals surface area contributed by atoms with Gasteiger partial charge >= 0.3 is 0 Å². The van der Waals surface area contributed by atoms with Gasteiger partial charge in [0.2, 0.25) is 0 Å². The zero-order valence-corrected chi connectivity index (χ0v) is 12.7. The van der Waals surface area contributed by atoms with Crippen LogP contribution in [0.2, 0.25) is 5.02 Å². The van der Waals surface area contributed by atoms with Gasteiger partial charge < -0.3 is 5.73 Å². The van der Waals surface area contributed by atoms with Crippen molar-refractivity contribution in [2.45, 2.75) is 0 Å². The molecule has 0 spiro atoms. The summed E-state index contributed by atoms with van der Waals surface area (Å²) in [6.07, 6.45) is 0. The molecule has 110 valence electrons. The van der Waals surface area contributed by atoms with Gasteiger partial charge in [-0.2, -0.15) is 5.10 Å². The molecule has 0 aliphatic carbocycles. The maximum Gasteiger partial charge on any atom is 0.155 e. The van der Waals surface area contributed by atoms with Crippen LogP contribution < -0.4 is 5.73 Å². The number of aromatic nitrogens is 2. The van der Waals surface area contributed by atoms with E-state index in [0.717, 1.165) is 5.56 Å². The topological polar surface area (TPSA) is 68.6 Å². The summed E-state index contributed by atoms with van der Waals surface area (Å²) in [6, 6.07) is 17.0. The average Bonchev–Trinajstić information content (AvgIpc) is 2.83. The van der Waals surface area contributed by atoms with E-state index >= 15 is 0 Å². The summed E-state index contributed by atoms with van der Waals surface area (Å²) in [5.41, 5.74) is 8.81. The van der Waals surface area contributed by atoms with Gasteiger partial charge in [0.15, 0.2) is 5.69 Å². The Kier molecular flexibility index (Phi) is 3.89. The van der Waals surface area contributed by atoms with Crippen LogP contribution in [-0.2, 0) is 7.05 Å². The third kappa shape index (κ3) is 2.71. The molecule has 6 heteroatoms. The zero-order valence-electron chi connectivity index (χ0n) is 11.9. The first-order chi connectivity index (χ1) is 10.7. The Balaban J connectivity index is 2.06. The molecule has 0 radical (unpaired) electrons. The van der Waals surface area contributed by atoms with Crippen LogP contribution >= 0.6 is 11.6 Å². The molecular weight excluding hydrogens is 298 g/mol. The molecule has 1 aromatic heterocycles. The van der Waals surface area contributed by atoms with Gasteiger partial charge in [0, 0.05) is 12.6 Å². The Morgan fingerprint density at radius 1 is 1.00 bits per heavy atom. The van der Waals surface area contributed by atoms with E-state index in [0.29, 0.717) is 27.9 Å². The zero-order chi connectivity index (χ0) is 15.5. The lowest BCUT2D eigenvalue weighted by Gasteiger charge is -1.98. The number of anilines is 1. The Hall–Kier alpha value is -2.66. The first-order valence-electron chi connectivity index (χ1n) is 6.71. The molecule has 0 fully saturated rings. The summed E-state index contributed by atoms with van der Waals surface area (Å²) in [7, 11) is 1.77. The third-order valence-corrected chi connectivity index (χ3v) is 3.54. The highest BCUT2D eigenvalue weighted by atomic mass is 35.5. The Bertz CT molecular complexity index is 824. The predicted molar refractivity (Wildman–Crippen MR) is 88.7 cm³/mol. The van der Waals surface area contributed by atoms with Crippen LogP contribution in [-0.4, -0.2) is 9.78 Å². The van der Waals surface area contributed by atoms with Gasteiger partial charge in [0.25, 0.3) is 0 Å². The van der Waals surface area contributed by atoms with E-state index in [2.05, 4.69) is 15.3 Å². The lowest BCUT2D eigenvalue weighted by Crippen LogP contribution is -1.96. The fourth-order valence-corrected chi connectivity index (χ4v) is 2.23. The number of azo groups is 1. The minimum atomic E-state index is 0.453. The number of aryl methyl sites for hydroxylation is 1. The second-order valence-corrected chi connectivity index (χ2v) is 5.13. The standard InChI is InChI=1S/C16H14ClN5/c1-22-16(18)15(14(21-22)11-7-3-2-4-8-11)20-19-13-10-6-5-9-12(13)17/h2-10H,18H2,1H3. The molecule has 22 heavy (non-hydrogen) atoms. The molecular formula is C16H14ClN5. The maximum absolute atomic E-state index is 6.09. The summed E-state index contributed by atoms with van der Waals surface area (Å²) in [4.78, 5) is 0. The van der Waals surface area contributed by atoms with Gasteiger partial charge in [-0.1, -0.05) is 54.1 Å². The highest BCUT2D eigenvalue weighted by Crippen LogP contribution is 2.36. The van der Waals surface area contributed by atoms with Gasteiger partial charge in [-0.3, -0.25) is 4.68 Å². The molecule has 1 heterocycles. The van der Waals surface area contributed by atoms with Gasteiger partial charge in [-0.25, -0.2) is 0 Å². The van der Waals surface area contributed by atoms with E-state index < -0.39 is 0 Å². The maximum atomic E-state index is 6.09. The Morgan fingerprint density at radius 3 is 2.41 bits per heavy atom. The molecule has 0 atom stereocenters. The molecule has 5 nitrogen and oxygen atoms in total. The lowest BCUT2D eigenvalue weighted by molar-refractivity contribution is 0.782. The minimum absolute atomic E-state index is 0.453. The van der Waals surface area contributed by atoms with Gasteiger partial charge in [-0.05, 0) is 12.1 Å². The average molecular weight is 312 g/mol. The van der Waals surface area contributed by atoms with Crippen molar-refractivity contribution in [1.29, 1.82) is 0 Å². The van der Waals surface area contributed by atoms with Crippen molar-refractivity contribution in [2.24, 2.45) is 17.3 Å². The lowest BCUT2D eigenvalue weighted by atomic mass is 10.1. The van der Waals surface area contributed by atoms with Crippen LogP contribution in [0.3, 0.4) is 0 Å². The summed E-state index contributed by atoms with van der Waals surface area (Å²) >= 11 is 6.09. The smallest absolute Gasteiger partial charge is 0.155 e. The van der Waals surface area contributed by atoms with Crippen LogP contribution in [0.4, 0.5) is 17.2 Å². The quantitative estimate of drug-likeness (QED) is 0.710. The fourth-order valence-electron chi connectivity index (χ4n) is 2.05. The highest BCUT2D eigenvalue weighted by Gasteiger charge is 2.15. The van der Waals surface area contributed by atoms with Gasteiger partial charge in [0.1, 0.15) is 17.2 Å². The minimum Gasteiger partial charge on any atom is -0.382 e. The highest BCUT2D eigenvalue weighted by molar-refractivity contribution is 6.32. The van der Waals surface area contributed by atoms with E-state index in [9.17, 15) is 0 Å². The second-order valence-electron chi connectivity index (χ2n) is 4.72. The van der Waals surface area contributed by atoms with Crippen molar-refractivity contribution in [2.75, 3.05) is 5.73 Å². The fraction of sp³-hybridized carbons (Fsp3) is 0.0625. The van der Waals surface area contributed by atoms with Crippen LogP contribution in [0.5, 0.6) is 0 Å². The van der Waals surface area contributed by atoms with E-state index in [1.54, 1.807) is 23.9 Å². The second kappa shape index (κ2) is 5.99. The number of benzene rings is 2. The first-order valence-corrected chi connectivity index (χ1v) is 7.09. The number of nitrogens with two attached hydrogens (primary N) is 1. The van der Waals surface area contributed by atoms with Gasteiger partial charge in [0.05, 0.1) is 5.02 Å². The van der Waals surface area contributed by atoms with E-state index in [1.807, 2.05) is 42.5 Å². The Morgan fingerprint density at radius 2 is 1.68 bits per heavy atom. The first kappa shape index (κ1) is 14.3. The SMILES string of the molecule is Cn1nc(-c2ccccc2)c(N=Nc2ccccc2Cl)c1N. The summed E-state index contributed by atoms with van der Waals surface area (Å²) in [5.74, 6) is 0.453. The number of hydrogen-bond donors (Lipinski definition) is 1.